The molecule has 1 atom stereocenters. The molecule has 3 aromatic rings. The Morgan fingerprint density at radius 3 is 2.03 bits per heavy atom. The van der Waals surface area contributed by atoms with Crippen molar-refractivity contribution in [3.63, 3.8) is 0 Å². The molecule has 6 heteroatoms. The fourth-order valence-corrected chi connectivity index (χ4v) is 4.40. The van der Waals surface area contributed by atoms with Gasteiger partial charge in [0.25, 0.3) is 0 Å². The minimum Gasteiger partial charge on any atom is -0.354 e. The number of nitrogens with zero attached hydrogens (tertiary/aromatic N) is 4. The van der Waals surface area contributed by atoms with Gasteiger partial charge in [-0.2, -0.15) is 0 Å². The highest BCUT2D eigenvalue weighted by atomic mass is 35.5. The first-order valence-corrected chi connectivity index (χ1v) is 11.2. The van der Waals surface area contributed by atoms with Crippen LogP contribution in [0.2, 0.25) is 10.0 Å². The summed E-state index contributed by atoms with van der Waals surface area (Å²) in [4.78, 5) is 14.8. The molecule has 0 aliphatic carbocycles. The average Bonchev–Trinajstić information content (AvgIpc) is 3.25. The molecule has 0 N–H and O–H groups in total. The fourth-order valence-electron chi connectivity index (χ4n) is 4.15. The molecule has 2 heterocycles. The molecule has 0 amide bonds. The van der Waals surface area contributed by atoms with Gasteiger partial charge in [0, 0.05) is 40.3 Å². The van der Waals surface area contributed by atoms with Gasteiger partial charge in [0.2, 0.25) is 0 Å². The van der Waals surface area contributed by atoms with Gasteiger partial charge in [-0.05, 0) is 43.8 Å². The molecule has 0 spiro atoms. The van der Waals surface area contributed by atoms with E-state index in [0.29, 0.717) is 16.1 Å². The predicted octanol–water partition coefficient (Wildman–Crippen LogP) is 6.04. The van der Waals surface area contributed by atoms with Gasteiger partial charge in [-0.25, -0.2) is 4.98 Å². The lowest BCUT2D eigenvalue weighted by Gasteiger charge is -2.26. The van der Waals surface area contributed by atoms with Crippen LogP contribution in [0.5, 0.6) is 0 Å². The summed E-state index contributed by atoms with van der Waals surface area (Å²) in [6.07, 6.45) is 3.05. The average molecular weight is 441 g/mol. The van der Waals surface area contributed by atoms with E-state index < -0.39 is 0 Å². The van der Waals surface area contributed by atoms with Crippen molar-refractivity contribution in [3.05, 3.63) is 64.8 Å². The van der Waals surface area contributed by atoms with Crippen LogP contribution in [0, 0.1) is 0 Å². The predicted molar refractivity (Wildman–Crippen MR) is 126 cm³/mol. The zero-order valence-electron chi connectivity index (χ0n) is 17.4. The highest BCUT2D eigenvalue weighted by Gasteiger charge is 2.27. The van der Waals surface area contributed by atoms with Gasteiger partial charge in [-0.3, -0.25) is 9.88 Å². The summed E-state index contributed by atoms with van der Waals surface area (Å²) in [6, 6.07) is 16.1. The van der Waals surface area contributed by atoms with Crippen molar-refractivity contribution in [3.8, 4) is 22.5 Å². The number of anilines is 1. The van der Waals surface area contributed by atoms with Crippen molar-refractivity contribution in [2.45, 2.75) is 26.3 Å². The first kappa shape index (κ1) is 21.1. The molecular weight excluding hydrogens is 415 g/mol. The summed E-state index contributed by atoms with van der Waals surface area (Å²) in [5, 5.41) is 1.41. The lowest BCUT2D eigenvalue weighted by molar-refractivity contribution is 0.232. The topological polar surface area (TPSA) is 32.3 Å². The maximum Gasteiger partial charge on any atom is 0.147 e. The molecule has 0 bridgehead atoms. The van der Waals surface area contributed by atoms with Crippen molar-refractivity contribution in [1.82, 2.24) is 14.9 Å². The Kier molecular flexibility index (Phi) is 6.57. The molecule has 30 heavy (non-hydrogen) atoms. The van der Waals surface area contributed by atoms with Gasteiger partial charge in [-0.1, -0.05) is 61.3 Å². The summed E-state index contributed by atoms with van der Waals surface area (Å²) in [7, 11) is 0. The third kappa shape index (κ3) is 4.46. The zero-order chi connectivity index (χ0) is 21.1. The highest BCUT2D eigenvalue weighted by molar-refractivity contribution is 6.31. The summed E-state index contributed by atoms with van der Waals surface area (Å²) in [5.74, 6) is 0.923. The van der Waals surface area contributed by atoms with E-state index in [1.165, 1.54) is 0 Å². The van der Waals surface area contributed by atoms with Crippen LogP contribution in [0.1, 0.15) is 20.3 Å². The molecule has 1 unspecified atom stereocenters. The Balaban J connectivity index is 1.71. The first-order valence-electron chi connectivity index (χ1n) is 10.5. The van der Waals surface area contributed by atoms with Crippen molar-refractivity contribution in [2.75, 3.05) is 31.1 Å². The summed E-state index contributed by atoms with van der Waals surface area (Å²) in [6.45, 7) is 8.59. The third-order valence-electron chi connectivity index (χ3n) is 5.81. The van der Waals surface area contributed by atoms with Crippen molar-refractivity contribution >= 4 is 29.0 Å². The summed E-state index contributed by atoms with van der Waals surface area (Å²) >= 11 is 12.2. The quantitative estimate of drug-likeness (QED) is 0.467. The van der Waals surface area contributed by atoms with E-state index in [9.17, 15) is 0 Å². The van der Waals surface area contributed by atoms with E-state index in [0.717, 1.165) is 60.9 Å². The van der Waals surface area contributed by atoms with Crippen LogP contribution in [-0.4, -0.2) is 47.1 Å². The monoisotopic (exact) mass is 440 g/mol. The number of hydrogen-bond acceptors (Lipinski definition) is 4. The maximum absolute atomic E-state index is 6.12. The number of hydrogen-bond donors (Lipinski definition) is 0. The number of halogens is 2. The summed E-state index contributed by atoms with van der Waals surface area (Å²) in [5.41, 5.74) is 3.69. The number of benzene rings is 2. The van der Waals surface area contributed by atoms with E-state index in [1.54, 1.807) is 0 Å². The molecule has 4 rings (SSSR count). The molecular formula is C24H26Cl2N4. The number of rotatable bonds is 6. The highest BCUT2D eigenvalue weighted by Crippen LogP contribution is 2.33. The van der Waals surface area contributed by atoms with Crippen LogP contribution in [-0.2, 0) is 0 Å². The Labute approximate surface area is 188 Å². The Morgan fingerprint density at radius 1 is 0.900 bits per heavy atom. The molecule has 0 saturated carbocycles. The van der Waals surface area contributed by atoms with Crippen LogP contribution in [0.4, 0.5) is 5.82 Å². The largest absolute Gasteiger partial charge is 0.354 e. The fraction of sp³-hybridized carbons (Fsp3) is 0.333. The molecule has 1 aliphatic heterocycles. The first-order chi connectivity index (χ1) is 14.6. The van der Waals surface area contributed by atoms with E-state index >= 15 is 0 Å². The Hall–Kier alpha value is -2.14. The van der Waals surface area contributed by atoms with E-state index in [4.69, 9.17) is 33.2 Å². The SMILES string of the molecule is CCN(CC)C1CCN(c2cnc(-c3ccc(Cl)cc3)c(-c3ccc(Cl)cc3)n2)C1. The maximum atomic E-state index is 6.12. The zero-order valence-corrected chi connectivity index (χ0v) is 18.9. The van der Waals surface area contributed by atoms with Crippen LogP contribution >= 0.6 is 23.2 Å². The van der Waals surface area contributed by atoms with Crippen LogP contribution in [0.25, 0.3) is 22.5 Å². The minimum absolute atomic E-state index is 0.566. The second-order valence-electron chi connectivity index (χ2n) is 7.55. The lowest BCUT2D eigenvalue weighted by atomic mass is 10.0. The van der Waals surface area contributed by atoms with E-state index in [-0.39, 0.29) is 0 Å². The van der Waals surface area contributed by atoms with Crippen molar-refractivity contribution in [2.24, 2.45) is 0 Å². The molecule has 4 nitrogen and oxygen atoms in total. The molecule has 1 aromatic heterocycles. The summed E-state index contributed by atoms with van der Waals surface area (Å²) < 4.78 is 0. The van der Waals surface area contributed by atoms with Gasteiger partial charge in [0.15, 0.2) is 0 Å². The molecule has 2 aromatic carbocycles. The van der Waals surface area contributed by atoms with Gasteiger partial charge in [0.05, 0.1) is 17.6 Å². The van der Waals surface area contributed by atoms with Gasteiger partial charge in [-0.15, -0.1) is 0 Å². The molecule has 1 saturated heterocycles. The Bertz CT molecular complexity index is 985. The molecule has 156 valence electrons. The van der Waals surface area contributed by atoms with Crippen LogP contribution in [0.15, 0.2) is 54.7 Å². The normalized spacial score (nSPS) is 16.4. The molecule has 1 fully saturated rings. The molecule has 1 aliphatic rings. The third-order valence-corrected chi connectivity index (χ3v) is 6.32. The second kappa shape index (κ2) is 9.34. The second-order valence-corrected chi connectivity index (χ2v) is 8.42. The van der Waals surface area contributed by atoms with Gasteiger partial charge >= 0.3 is 0 Å². The van der Waals surface area contributed by atoms with Crippen LogP contribution < -0.4 is 4.90 Å². The van der Waals surface area contributed by atoms with Crippen LogP contribution in [0.3, 0.4) is 0 Å². The van der Waals surface area contributed by atoms with Gasteiger partial charge < -0.3 is 4.90 Å². The smallest absolute Gasteiger partial charge is 0.147 e. The molecule has 0 radical (unpaired) electrons. The van der Waals surface area contributed by atoms with Crippen molar-refractivity contribution < 1.29 is 0 Å². The minimum atomic E-state index is 0.566. The van der Waals surface area contributed by atoms with E-state index in [1.807, 2.05) is 54.7 Å². The lowest BCUT2D eigenvalue weighted by Crippen LogP contribution is -2.37. The number of likely N-dealkylation sites (N-methyl/N-ethyl adjacent to an activating group) is 1. The standard InChI is InChI=1S/C24H26Cl2N4/c1-3-29(4-2)21-13-14-30(16-21)22-15-27-23(17-5-9-19(25)10-6-17)24(28-22)18-7-11-20(26)12-8-18/h5-12,15,21H,3-4,13-14,16H2,1-2H3. The Morgan fingerprint density at radius 2 is 1.47 bits per heavy atom. The number of aromatic nitrogens is 2. The van der Waals surface area contributed by atoms with E-state index in [2.05, 4.69) is 23.6 Å². The van der Waals surface area contributed by atoms with Crippen molar-refractivity contribution in [1.29, 1.82) is 0 Å². The van der Waals surface area contributed by atoms with Gasteiger partial charge in [0.1, 0.15) is 5.82 Å².